The van der Waals surface area contributed by atoms with E-state index in [1.165, 1.54) is 0 Å². The van der Waals surface area contributed by atoms with Gasteiger partial charge in [0, 0.05) is 0 Å². The monoisotopic (exact) mass is 254 g/mol. The smallest absolute Gasteiger partial charge is 0.246 e. The minimum Gasteiger partial charge on any atom is -0.246 e. The van der Waals surface area contributed by atoms with Crippen LogP contribution in [0.5, 0.6) is 0 Å². The molecule has 0 aliphatic carbocycles. The maximum atomic E-state index is 12.0. The zero-order valence-electron chi connectivity index (χ0n) is 6.86. The van der Waals surface area contributed by atoms with Gasteiger partial charge in [-0.05, 0) is 0 Å². The highest BCUT2D eigenvalue weighted by atomic mass is 19.3. The lowest BCUT2D eigenvalue weighted by molar-refractivity contribution is -0.423. The summed E-state index contributed by atoms with van der Waals surface area (Å²) in [6.45, 7) is 0. The third kappa shape index (κ3) is 3.58. The molecule has 0 aromatic carbocycles. The predicted octanol–water partition coefficient (Wildman–Crippen LogP) is 0.153. The third-order valence-corrected chi connectivity index (χ3v) is 0.898. The Morgan fingerprint density at radius 2 is 1.06 bits per heavy atom. The highest BCUT2D eigenvalue weighted by Crippen LogP contribution is 2.19. The molecule has 0 spiro atoms. The largest absolute Gasteiger partial charge is 0.486 e. The average Bonchev–Trinajstić information content (AvgIpc) is 2.24. The summed E-state index contributed by atoms with van der Waals surface area (Å²) in [6.07, 6.45) is -9.84. The van der Waals surface area contributed by atoms with Gasteiger partial charge in [0.15, 0.2) is 0 Å². The molecule has 0 unspecified atom stereocenters. The van der Waals surface area contributed by atoms with Crippen molar-refractivity contribution in [3.8, 4) is 0 Å². The maximum absolute atomic E-state index is 12.0. The molecule has 0 rings (SSSR count). The van der Waals surface area contributed by atoms with Crippen molar-refractivity contribution in [2.45, 2.75) is 12.2 Å². The number of hydrogen-bond donors (Lipinski definition) is 2. The van der Waals surface area contributed by atoms with Gasteiger partial charge in [-0.3, -0.25) is 0 Å². The molecule has 0 aliphatic rings. The molecular weight excluding hydrogens is 252 g/mol. The van der Waals surface area contributed by atoms with Gasteiger partial charge in [0.1, 0.15) is 0 Å². The fourth-order valence-corrected chi connectivity index (χ4v) is 0.247. The molecule has 8 nitrogen and oxygen atoms in total. The van der Waals surface area contributed by atoms with Crippen LogP contribution < -0.4 is 0 Å². The highest BCUT2D eigenvalue weighted by Gasteiger charge is 2.49. The topological polar surface area (TPSA) is 112 Å². The molecule has 12 heteroatoms. The van der Waals surface area contributed by atoms with Gasteiger partial charge in [0.25, 0.3) is 0 Å². The number of carbonyl (C=O) groups is 2. The van der Waals surface area contributed by atoms with Crippen molar-refractivity contribution in [2.75, 3.05) is 0 Å². The Kier molecular flexibility index (Phi) is 4.55. The summed E-state index contributed by atoms with van der Waals surface area (Å²) in [6, 6.07) is 0. The second kappa shape index (κ2) is 5.02. The molecule has 0 saturated heterocycles. The molecule has 0 atom stereocenters. The van der Waals surface area contributed by atoms with Gasteiger partial charge in [-0.1, -0.05) is 0 Å². The second-order valence-electron chi connectivity index (χ2n) is 1.96. The van der Waals surface area contributed by atoms with E-state index in [0.29, 0.717) is 0 Å². The zero-order chi connectivity index (χ0) is 13.0. The highest BCUT2D eigenvalue weighted by molar-refractivity contribution is 5.79. The van der Waals surface area contributed by atoms with E-state index in [1.54, 1.807) is 0 Å². The first-order valence-electron chi connectivity index (χ1n) is 3.01. The molecule has 0 aliphatic heterocycles. The summed E-state index contributed by atoms with van der Waals surface area (Å²) in [5.74, 6) is -5.59. The number of rotatable bonds is 4. The molecule has 0 aromatic heterocycles. The van der Waals surface area contributed by atoms with Crippen molar-refractivity contribution in [1.29, 1.82) is 0 Å². The van der Waals surface area contributed by atoms with Gasteiger partial charge in [-0.25, -0.2) is 29.9 Å². The van der Waals surface area contributed by atoms with Crippen molar-refractivity contribution in [1.82, 2.24) is 0 Å². The Morgan fingerprint density at radius 1 is 0.812 bits per heavy atom. The zero-order valence-corrected chi connectivity index (χ0v) is 6.86. The minimum absolute atomic E-state index is 2.28. The Labute approximate surface area is 82.6 Å². The lowest BCUT2D eigenvalue weighted by Gasteiger charge is -2.11. The standard InChI is InChI=1S/C4H2F4O8/c5-3(6,15-11)1(9)13-14-2(10)4(7,8)16-12/h11-12H. The van der Waals surface area contributed by atoms with Gasteiger partial charge in [0.2, 0.25) is 0 Å². The molecule has 2 N–H and O–H groups in total. The number of hydrogen-bond acceptors (Lipinski definition) is 8. The summed E-state index contributed by atoms with van der Waals surface area (Å²) in [5, 5.41) is 14.9. The van der Waals surface area contributed by atoms with Crippen LogP contribution in [0.15, 0.2) is 0 Å². The van der Waals surface area contributed by atoms with Gasteiger partial charge < -0.3 is 0 Å². The number of halogens is 4. The first-order chi connectivity index (χ1) is 7.17. The molecule has 0 fully saturated rings. The van der Waals surface area contributed by atoms with Crippen LogP contribution in [0.25, 0.3) is 0 Å². The summed E-state index contributed by atoms with van der Waals surface area (Å²) in [4.78, 5) is 30.5. The van der Waals surface area contributed by atoms with Gasteiger partial charge in [0.05, 0.1) is 0 Å². The molecular formula is C4H2F4O8. The van der Waals surface area contributed by atoms with E-state index < -0.39 is 24.2 Å². The lowest BCUT2D eigenvalue weighted by Crippen LogP contribution is -2.37. The predicted molar refractivity (Wildman–Crippen MR) is 29.5 cm³/mol. The Morgan fingerprint density at radius 3 is 1.25 bits per heavy atom. The van der Waals surface area contributed by atoms with E-state index in [2.05, 4.69) is 19.6 Å². The van der Waals surface area contributed by atoms with Crippen LogP contribution in [-0.4, -0.2) is 34.7 Å². The van der Waals surface area contributed by atoms with Crippen LogP contribution in [0.3, 0.4) is 0 Å². The molecule has 0 amide bonds. The normalized spacial score (nSPS) is 12.1. The van der Waals surface area contributed by atoms with Crippen LogP contribution in [0.1, 0.15) is 0 Å². The van der Waals surface area contributed by atoms with Crippen LogP contribution in [0.2, 0.25) is 0 Å². The average molecular weight is 254 g/mol. The first-order valence-corrected chi connectivity index (χ1v) is 3.01. The van der Waals surface area contributed by atoms with Gasteiger partial charge in [-0.2, -0.15) is 27.3 Å². The Balaban J connectivity index is 4.28. The van der Waals surface area contributed by atoms with Crippen LogP contribution in [0.4, 0.5) is 17.6 Å². The molecule has 16 heavy (non-hydrogen) atoms. The molecule has 0 radical (unpaired) electrons. The van der Waals surface area contributed by atoms with E-state index in [4.69, 9.17) is 10.5 Å². The summed E-state index contributed by atoms with van der Waals surface area (Å²) < 4.78 is 47.9. The quantitative estimate of drug-likeness (QED) is 0.414. The van der Waals surface area contributed by atoms with Crippen molar-refractivity contribution < 1.29 is 57.2 Å². The van der Waals surface area contributed by atoms with Gasteiger partial charge >= 0.3 is 24.2 Å². The first kappa shape index (κ1) is 14.5. The van der Waals surface area contributed by atoms with E-state index in [1.807, 2.05) is 0 Å². The van der Waals surface area contributed by atoms with Crippen LogP contribution >= 0.6 is 0 Å². The molecule has 0 bridgehead atoms. The SMILES string of the molecule is O=C(OOC(=O)C(F)(F)OO)C(F)(F)OO. The lowest BCUT2D eigenvalue weighted by atomic mass is 10.6. The molecule has 0 aromatic rings. The van der Waals surface area contributed by atoms with Crippen LogP contribution in [0, 0.1) is 0 Å². The fourth-order valence-electron chi connectivity index (χ4n) is 0.247. The number of carbonyl (C=O) groups excluding carboxylic acids is 2. The summed E-state index contributed by atoms with van der Waals surface area (Å²) >= 11 is 0. The maximum Gasteiger partial charge on any atom is 0.486 e. The van der Waals surface area contributed by atoms with Crippen LogP contribution in [-0.2, 0) is 29.1 Å². The van der Waals surface area contributed by atoms with E-state index in [0.717, 1.165) is 0 Å². The van der Waals surface area contributed by atoms with Crippen molar-refractivity contribution >= 4 is 11.9 Å². The molecule has 0 heterocycles. The van der Waals surface area contributed by atoms with E-state index >= 15 is 0 Å². The van der Waals surface area contributed by atoms with E-state index in [-0.39, 0.29) is 0 Å². The molecule has 0 saturated carbocycles. The summed E-state index contributed by atoms with van der Waals surface area (Å²) in [5.41, 5.74) is 0. The van der Waals surface area contributed by atoms with Gasteiger partial charge in [-0.15, -0.1) is 0 Å². The van der Waals surface area contributed by atoms with E-state index in [9.17, 15) is 27.2 Å². The number of alkyl halides is 4. The fraction of sp³-hybridized carbons (Fsp3) is 0.500. The second-order valence-corrected chi connectivity index (χ2v) is 1.96. The third-order valence-electron chi connectivity index (χ3n) is 0.898. The molecule has 94 valence electrons. The minimum atomic E-state index is -4.92. The summed E-state index contributed by atoms with van der Waals surface area (Å²) in [7, 11) is 0. The van der Waals surface area contributed by atoms with Crippen molar-refractivity contribution in [3.63, 3.8) is 0 Å². The van der Waals surface area contributed by atoms with Crippen molar-refractivity contribution in [2.24, 2.45) is 0 Å². The Hall–Kier alpha value is -1.50. The Bertz CT molecular complexity index is 249. The van der Waals surface area contributed by atoms with Crippen molar-refractivity contribution in [3.05, 3.63) is 0 Å².